The Morgan fingerprint density at radius 3 is 2.83 bits per heavy atom. The lowest BCUT2D eigenvalue weighted by atomic mass is 10.0. The van der Waals surface area contributed by atoms with Gasteiger partial charge in [0.2, 0.25) is 5.60 Å². The van der Waals surface area contributed by atoms with Gasteiger partial charge in [-0.1, -0.05) is 29.5 Å². The van der Waals surface area contributed by atoms with Gasteiger partial charge in [-0.05, 0) is 30.3 Å². The predicted octanol–water partition coefficient (Wildman–Crippen LogP) is 0.968. The molecule has 1 saturated heterocycles. The minimum atomic E-state index is -1.67. The number of amides is 1. The zero-order chi connectivity index (χ0) is 20.8. The van der Waals surface area contributed by atoms with E-state index in [1.54, 1.807) is 43.4 Å². The molecule has 0 aliphatic carbocycles. The van der Waals surface area contributed by atoms with Gasteiger partial charge in [0.1, 0.15) is 17.1 Å². The van der Waals surface area contributed by atoms with Crippen LogP contribution >= 0.6 is 11.6 Å². The first kappa shape index (κ1) is 19.4. The van der Waals surface area contributed by atoms with Crippen LogP contribution in [0.2, 0.25) is 5.15 Å². The van der Waals surface area contributed by atoms with E-state index in [-0.39, 0.29) is 17.3 Å². The fraction of sp³-hybridized carbons (Fsp3) is 0.250. The Morgan fingerprint density at radius 1 is 1.34 bits per heavy atom. The zero-order valence-corrected chi connectivity index (χ0v) is 16.3. The first-order chi connectivity index (χ1) is 13.8. The third kappa shape index (κ3) is 3.45. The summed E-state index contributed by atoms with van der Waals surface area (Å²) in [6.07, 6.45) is -1.01. The Kier molecular flexibility index (Phi) is 4.76. The number of aliphatic hydroxyl groups is 2. The zero-order valence-electron chi connectivity index (χ0n) is 15.5. The van der Waals surface area contributed by atoms with Gasteiger partial charge < -0.3 is 20.8 Å². The molecule has 148 valence electrons. The molecule has 0 saturated carbocycles. The maximum atomic E-state index is 12.1. The van der Waals surface area contributed by atoms with Gasteiger partial charge in [0, 0.05) is 31.0 Å². The number of rotatable bonds is 2. The van der Waals surface area contributed by atoms with E-state index >= 15 is 0 Å². The van der Waals surface area contributed by atoms with Gasteiger partial charge >= 0.3 is 0 Å². The maximum Gasteiger partial charge on any atom is 0.267 e. The molecular formula is C20H18ClN5O3. The summed E-state index contributed by atoms with van der Waals surface area (Å²) in [5.41, 5.74) is 5.87. The van der Waals surface area contributed by atoms with E-state index in [0.29, 0.717) is 28.8 Å². The Balaban J connectivity index is 1.77. The van der Waals surface area contributed by atoms with Crippen LogP contribution in [0.4, 0.5) is 0 Å². The van der Waals surface area contributed by atoms with E-state index in [0.717, 1.165) is 0 Å². The van der Waals surface area contributed by atoms with Crippen LogP contribution in [0.1, 0.15) is 23.9 Å². The normalized spacial score (nSPS) is 20.0. The minimum Gasteiger partial charge on any atom is -0.373 e. The molecule has 1 aromatic carbocycles. The second kappa shape index (κ2) is 7.13. The highest BCUT2D eigenvalue weighted by Gasteiger charge is 2.42. The summed E-state index contributed by atoms with van der Waals surface area (Å²) in [6.45, 7) is 0.458. The lowest BCUT2D eigenvalue weighted by Gasteiger charge is -2.13. The van der Waals surface area contributed by atoms with Gasteiger partial charge in [-0.25, -0.2) is 9.67 Å². The average Bonchev–Trinajstić information content (AvgIpc) is 3.20. The van der Waals surface area contributed by atoms with Crippen LogP contribution < -0.4 is 5.73 Å². The fourth-order valence-corrected chi connectivity index (χ4v) is 3.40. The SMILES string of the molecule is CN1CC[C@@](O)(C#Cc2cccc(-n3nc(C(N)O)c4ccc(Cl)nc43)c2)C1=O. The Morgan fingerprint density at radius 2 is 2.14 bits per heavy atom. The molecule has 0 spiro atoms. The number of fused-ring (bicyclic) bond motifs is 1. The van der Waals surface area contributed by atoms with E-state index in [1.807, 2.05) is 0 Å². The van der Waals surface area contributed by atoms with Gasteiger partial charge in [0.25, 0.3) is 5.91 Å². The molecule has 9 heteroatoms. The molecule has 29 heavy (non-hydrogen) atoms. The number of halogens is 1. The van der Waals surface area contributed by atoms with Crippen LogP contribution in [0, 0.1) is 11.8 Å². The molecule has 1 aliphatic rings. The third-order valence-corrected chi connectivity index (χ3v) is 5.03. The molecule has 1 aliphatic heterocycles. The smallest absolute Gasteiger partial charge is 0.267 e. The summed E-state index contributed by atoms with van der Waals surface area (Å²) < 4.78 is 1.51. The number of likely N-dealkylation sites (N-methyl/N-ethyl adjacent to an activating group) is 1. The van der Waals surface area contributed by atoms with Gasteiger partial charge in [0.05, 0.1) is 5.69 Å². The molecule has 3 aromatic rings. The minimum absolute atomic E-state index is 0.263. The molecule has 4 rings (SSSR count). The van der Waals surface area contributed by atoms with Crippen molar-refractivity contribution in [3.8, 4) is 17.5 Å². The van der Waals surface area contributed by atoms with E-state index in [2.05, 4.69) is 21.9 Å². The molecule has 2 aromatic heterocycles. The number of aliphatic hydroxyl groups excluding tert-OH is 1. The lowest BCUT2D eigenvalue weighted by Crippen LogP contribution is -2.37. The number of nitrogens with two attached hydrogens (primary N) is 1. The van der Waals surface area contributed by atoms with Gasteiger partial charge in [0.15, 0.2) is 5.65 Å². The van der Waals surface area contributed by atoms with Crippen molar-refractivity contribution >= 4 is 28.5 Å². The summed E-state index contributed by atoms with van der Waals surface area (Å²) >= 11 is 6.03. The Labute approximate surface area is 171 Å². The number of carbonyl (C=O) groups is 1. The molecule has 8 nitrogen and oxygen atoms in total. The lowest BCUT2D eigenvalue weighted by molar-refractivity contribution is -0.137. The van der Waals surface area contributed by atoms with Crippen LogP contribution in [0.3, 0.4) is 0 Å². The molecule has 0 bridgehead atoms. The van der Waals surface area contributed by atoms with Crippen LogP contribution in [0.15, 0.2) is 36.4 Å². The highest BCUT2D eigenvalue weighted by atomic mass is 35.5. The molecule has 4 N–H and O–H groups in total. The fourth-order valence-electron chi connectivity index (χ4n) is 3.25. The number of carbonyl (C=O) groups excluding carboxylic acids is 1. The van der Waals surface area contributed by atoms with Crippen LogP contribution in [-0.4, -0.2) is 55.0 Å². The van der Waals surface area contributed by atoms with Crippen molar-refractivity contribution in [2.45, 2.75) is 18.2 Å². The topological polar surface area (TPSA) is 118 Å². The van der Waals surface area contributed by atoms with E-state index < -0.39 is 17.7 Å². The summed E-state index contributed by atoms with van der Waals surface area (Å²) in [5, 5.41) is 25.5. The van der Waals surface area contributed by atoms with Crippen molar-refractivity contribution in [1.82, 2.24) is 19.7 Å². The summed E-state index contributed by atoms with van der Waals surface area (Å²) in [5.74, 6) is 5.16. The summed E-state index contributed by atoms with van der Waals surface area (Å²) in [7, 11) is 1.63. The van der Waals surface area contributed by atoms with E-state index in [4.69, 9.17) is 17.3 Å². The van der Waals surface area contributed by atoms with E-state index in [1.165, 1.54) is 9.58 Å². The van der Waals surface area contributed by atoms with Gasteiger partial charge in [-0.2, -0.15) is 5.10 Å². The van der Waals surface area contributed by atoms with E-state index in [9.17, 15) is 15.0 Å². The second-order valence-electron chi connectivity index (χ2n) is 6.88. The van der Waals surface area contributed by atoms with Crippen LogP contribution in [0.25, 0.3) is 16.7 Å². The van der Waals surface area contributed by atoms with Crippen molar-refractivity contribution in [2.75, 3.05) is 13.6 Å². The van der Waals surface area contributed by atoms with Gasteiger partial charge in [-0.3, -0.25) is 4.79 Å². The Bertz CT molecular complexity index is 1180. The highest BCUT2D eigenvalue weighted by Crippen LogP contribution is 2.25. The number of benzene rings is 1. The molecule has 3 heterocycles. The number of hydrogen-bond acceptors (Lipinski definition) is 6. The highest BCUT2D eigenvalue weighted by molar-refractivity contribution is 6.29. The monoisotopic (exact) mass is 411 g/mol. The summed E-state index contributed by atoms with van der Waals surface area (Å²) in [6, 6.07) is 10.3. The largest absolute Gasteiger partial charge is 0.373 e. The van der Waals surface area contributed by atoms with Crippen molar-refractivity contribution < 1.29 is 15.0 Å². The Hall–Kier alpha value is -2.96. The molecule has 2 atom stereocenters. The number of likely N-dealkylation sites (tertiary alicyclic amines) is 1. The molecule has 1 unspecified atom stereocenters. The number of aromatic nitrogens is 3. The number of nitrogens with zero attached hydrogens (tertiary/aromatic N) is 4. The van der Waals surface area contributed by atoms with Crippen molar-refractivity contribution in [3.05, 3.63) is 52.8 Å². The molecule has 1 amide bonds. The standard InChI is InChI=1S/C20H18ClN5O3/c1-25-10-9-20(29,19(25)28)8-7-12-3-2-4-13(11-12)26-18-14(5-6-15(21)23-18)16(24-26)17(22)27/h2-6,11,17,27,29H,9-10,22H2,1H3/t17?,20-/m0/s1. The number of pyridine rings is 1. The molecular weight excluding hydrogens is 394 g/mol. The van der Waals surface area contributed by atoms with Crippen molar-refractivity contribution in [1.29, 1.82) is 0 Å². The third-order valence-electron chi connectivity index (χ3n) is 4.82. The van der Waals surface area contributed by atoms with Gasteiger partial charge in [-0.15, -0.1) is 0 Å². The predicted molar refractivity (Wildman–Crippen MR) is 107 cm³/mol. The van der Waals surface area contributed by atoms with Crippen LogP contribution in [-0.2, 0) is 4.79 Å². The first-order valence-electron chi connectivity index (χ1n) is 8.89. The molecule has 1 fully saturated rings. The summed E-state index contributed by atoms with van der Waals surface area (Å²) in [4.78, 5) is 17.8. The van der Waals surface area contributed by atoms with Crippen LogP contribution in [0.5, 0.6) is 0 Å². The quantitative estimate of drug-likeness (QED) is 0.328. The number of hydrogen-bond donors (Lipinski definition) is 3. The van der Waals surface area contributed by atoms with Crippen molar-refractivity contribution in [3.63, 3.8) is 0 Å². The van der Waals surface area contributed by atoms with Crippen molar-refractivity contribution in [2.24, 2.45) is 5.73 Å². The maximum absolute atomic E-state index is 12.1. The molecule has 0 radical (unpaired) electrons. The second-order valence-corrected chi connectivity index (χ2v) is 7.27. The first-order valence-corrected chi connectivity index (χ1v) is 9.27. The average molecular weight is 412 g/mol.